The minimum atomic E-state index is -0.241. The highest BCUT2D eigenvalue weighted by atomic mass is 35.5. The highest BCUT2D eigenvalue weighted by molar-refractivity contribution is 7.09. The molecule has 0 fully saturated rings. The SMILES string of the molecule is CCNC(Cc1csc(C)n1)Cc1c(F)cccc1Cl. The van der Waals surface area contributed by atoms with E-state index in [1.54, 1.807) is 23.5 Å². The zero-order valence-corrected chi connectivity index (χ0v) is 13.2. The van der Waals surface area contributed by atoms with Gasteiger partial charge in [0.2, 0.25) is 0 Å². The van der Waals surface area contributed by atoms with Crippen LogP contribution in [0, 0.1) is 12.7 Å². The van der Waals surface area contributed by atoms with E-state index in [0.717, 1.165) is 23.7 Å². The van der Waals surface area contributed by atoms with E-state index in [9.17, 15) is 4.39 Å². The number of hydrogen-bond donors (Lipinski definition) is 1. The summed E-state index contributed by atoms with van der Waals surface area (Å²) in [6.07, 6.45) is 1.35. The molecule has 0 aliphatic carbocycles. The molecule has 0 spiro atoms. The van der Waals surface area contributed by atoms with Crippen molar-refractivity contribution in [3.63, 3.8) is 0 Å². The Morgan fingerprint density at radius 3 is 2.80 bits per heavy atom. The number of likely N-dealkylation sites (N-methyl/N-ethyl adjacent to an activating group) is 1. The molecule has 0 radical (unpaired) electrons. The van der Waals surface area contributed by atoms with E-state index in [1.165, 1.54) is 6.07 Å². The third kappa shape index (κ3) is 4.01. The number of nitrogens with one attached hydrogen (secondary N) is 1. The van der Waals surface area contributed by atoms with Gasteiger partial charge in [-0.25, -0.2) is 9.37 Å². The van der Waals surface area contributed by atoms with E-state index in [4.69, 9.17) is 11.6 Å². The van der Waals surface area contributed by atoms with E-state index in [2.05, 4.69) is 15.7 Å². The summed E-state index contributed by atoms with van der Waals surface area (Å²) in [6.45, 7) is 4.87. The number of rotatable bonds is 6. The van der Waals surface area contributed by atoms with Gasteiger partial charge in [0.05, 0.1) is 10.7 Å². The van der Waals surface area contributed by atoms with Crippen molar-refractivity contribution in [2.45, 2.75) is 32.7 Å². The first-order chi connectivity index (χ1) is 9.60. The van der Waals surface area contributed by atoms with Gasteiger partial charge in [-0.1, -0.05) is 24.6 Å². The Balaban J connectivity index is 2.13. The molecular weight excluding hydrogens is 295 g/mol. The Morgan fingerprint density at radius 1 is 1.40 bits per heavy atom. The lowest BCUT2D eigenvalue weighted by Gasteiger charge is -2.18. The lowest BCUT2D eigenvalue weighted by atomic mass is 10.0. The average Bonchev–Trinajstić information content (AvgIpc) is 2.80. The zero-order chi connectivity index (χ0) is 14.5. The van der Waals surface area contributed by atoms with Crippen molar-refractivity contribution in [3.05, 3.63) is 50.7 Å². The van der Waals surface area contributed by atoms with Crippen LogP contribution in [-0.4, -0.2) is 17.6 Å². The van der Waals surface area contributed by atoms with Crippen molar-refractivity contribution in [2.24, 2.45) is 0 Å². The van der Waals surface area contributed by atoms with E-state index >= 15 is 0 Å². The van der Waals surface area contributed by atoms with Crippen molar-refractivity contribution < 1.29 is 4.39 Å². The highest BCUT2D eigenvalue weighted by Crippen LogP contribution is 2.21. The summed E-state index contributed by atoms with van der Waals surface area (Å²) in [5.74, 6) is -0.241. The Hall–Kier alpha value is -0.970. The van der Waals surface area contributed by atoms with E-state index in [-0.39, 0.29) is 11.9 Å². The van der Waals surface area contributed by atoms with Crippen molar-refractivity contribution in [1.82, 2.24) is 10.3 Å². The number of aromatic nitrogens is 1. The number of hydrogen-bond acceptors (Lipinski definition) is 3. The maximum absolute atomic E-state index is 13.9. The van der Waals surface area contributed by atoms with Crippen molar-refractivity contribution in [2.75, 3.05) is 6.54 Å². The van der Waals surface area contributed by atoms with Gasteiger partial charge in [-0.2, -0.15) is 0 Å². The molecule has 1 heterocycles. The monoisotopic (exact) mass is 312 g/mol. The van der Waals surface area contributed by atoms with Gasteiger partial charge in [0.1, 0.15) is 5.82 Å². The fourth-order valence-corrected chi connectivity index (χ4v) is 3.10. The number of halogens is 2. The Labute approximate surface area is 128 Å². The van der Waals surface area contributed by atoms with Gasteiger partial charge in [0.25, 0.3) is 0 Å². The molecule has 0 saturated carbocycles. The van der Waals surface area contributed by atoms with Crippen LogP contribution in [0.1, 0.15) is 23.2 Å². The van der Waals surface area contributed by atoms with Gasteiger partial charge in [0.15, 0.2) is 0 Å². The maximum Gasteiger partial charge on any atom is 0.127 e. The predicted octanol–water partition coefficient (Wildman–Crippen LogP) is 4.01. The number of nitrogens with zero attached hydrogens (tertiary/aromatic N) is 1. The fraction of sp³-hybridized carbons (Fsp3) is 0.400. The lowest BCUT2D eigenvalue weighted by Crippen LogP contribution is -2.33. The molecule has 1 N–H and O–H groups in total. The molecule has 1 aromatic carbocycles. The van der Waals surface area contributed by atoms with E-state index < -0.39 is 0 Å². The smallest absolute Gasteiger partial charge is 0.127 e. The number of thiazole rings is 1. The van der Waals surface area contributed by atoms with Crippen molar-refractivity contribution in [3.8, 4) is 0 Å². The topological polar surface area (TPSA) is 24.9 Å². The van der Waals surface area contributed by atoms with Gasteiger partial charge in [-0.15, -0.1) is 11.3 Å². The first-order valence-electron chi connectivity index (χ1n) is 6.67. The third-order valence-corrected chi connectivity index (χ3v) is 4.30. The molecule has 108 valence electrons. The van der Waals surface area contributed by atoms with E-state index in [0.29, 0.717) is 17.0 Å². The molecule has 0 aliphatic rings. The van der Waals surface area contributed by atoms with Gasteiger partial charge in [-0.3, -0.25) is 0 Å². The van der Waals surface area contributed by atoms with Crippen LogP contribution >= 0.6 is 22.9 Å². The van der Waals surface area contributed by atoms with Crippen molar-refractivity contribution in [1.29, 1.82) is 0 Å². The van der Waals surface area contributed by atoms with Crippen LogP contribution in [0.2, 0.25) is 5.02 Å². The summed E-state index contributed by atoms with van der Waals surface area (Å²) < 4.78 is 13.9. The molecule has 1 unspecified atom stereocenters. The Bertz CT molecular complexity index is 551. The second kappa shape index (κ2) is 7.16. The summed E-state index contributed by atoms with van der Waals surface area (Å²) in [4.78, 5) is 4.47. The van der Waals surface area contributed by atoms with Crippen LogP contribution in [0.25, 0.3) is 0 Å². The third-order valence-electron chi connectivity index (χ3n) is 3.13. The van der Waals surface area contributed by atoms with Gasteiger partial charge in [0, 0.05) is 28.4 Å². The van der Waals surface area contributed by atoms with Crippen LogP contribution < -0.4 is 5.32 Å². The molecule has 0 amide bonds. The average molecular weight is 313 g/mol. The first kappa shape index (κ1) is 15.4. The molecular formula is C15H18ClFN2S. The molecule has 0 saturated heterocycles. The Morgan fingerprint density at radius 2 is 2.20 bits per heavy atom. The standard InChI is InChI=1S/C15H18ClFN2S/c1-3-18-11(7-12-9-20-10(2)19-12)8-13-14(16)5-4-6-15(13)17/h4-6,9,11,18H,3,7-8H2,1-2H3. The van der Waals surface area contributed by atoms with Crippen molar-refractivity contribution >= 4 is 22.9 Å². The van der Waals surface area contributed by atoms with Crippen LogP contribution in [0.15, 0.2) is 23.6 Å². The quantitative estimate of drug-likeness (QED) is 0.872. The fourth-order valence-electron chi connectivity index (χ4n) is 2.23. The van der Waals surface area contributed by atoms with Crippen LogP contribution in [-0.2, 0) is 12.8 Å². The molecule has 2 nitrogen and oxygen atoms in total. The molecule has 20 heavy (non-hydrogen) atoms. The molecule has 0 aliphatic heterocycles. The van der Waals surface area contributed by atoms with Crippen LogP contribution in [0.3, 0.4) is 0 Å². The summed E-state index contributed by atoms with van der Waals surface area (Å²) in [5.41, 5.74) is 1.62. The summed E-state index contributed by atoms with van der Waals surface area (Å²) >= 11 is 7.74. The molecule has 2 aromatic rings. The number of aryl methyl sites for hydroxylation is 1. The predicted molar refractivity (Wildman–Crippen MR) is 83.1 cm³/mol. The first-order valence-corrected chi connectivity index (χ1v) is 7.93. The van der Waals surface area contributed by atoms with Gasteiger partial charge >= 0.3 is 0 Å². The number of benzene rings is 1. The lowest BCUT2D eigenvalue weighted by molar-refractivity contribution is 0.502. The molecule has 2 rings (SSSR count). The second-order valence-electron chi connectivity index (χ2n) is 4.72. The highest BCUT2D eigenvalue weighted by Gasteiger charge is 2.16. The summed E-state index contributed by atoms with van der Waals surface area (Å²) in [7, 11) is 0. The molecule has 1 atom stereocenters. The minimum Gasteiger partial charge on any atom is -0.314 e. The van der Waals surface area contributed by atoms with Crippen LogP contribution in [0.5, 0.6) is 0 Å². The summed E-state index contributed by atoms with van der Waals surface area (Å²) in [5, 5.41) is 6.98. The maximum atomic E-state index is 13.9. The molecule has 0 bridgehead atoms. The largest absolute Gasteiger partial charge is 0.314 e. The second-order valence-corrected chi connectivity index (χ2v) is 6.19. The molecule has 5 heteroatoms. The van der Waals surface area contributed by atoms with E-state index in [1.807, 2.05) is 13.8 Å². The zero-order valence-electron chi connectivity index (χ0n) is 11.6. The normalized spacial score (nSPS) is 12.6. The van der Waals surface area contributed by atoms with Gasteiger partial charge in [-0.05, 0) is 32.0 Å². The van der Waals surface area contributed by atoms with Crippen LogP contribution in [0.4, 0.5) is 4.39 Å². The van der Waals surface area contributed by atoms with Gasteiger partial charge < -0.3 is 5.32 Å². The Kier molecular flexibility index (Phi) is 5.52. The molecule has 1 aromatic heterocycles. The minimum absolute atomic E-state index is 0.135. The summed E-state index contributed by atoms with van der Waals surface area (Å²) in [6, 6.07) is 4.95.